The maximum atomic E-state index is 11.9. The van der Waals surface area contributed by atoms with Crippen LogP contribution in [0.25, 0.3) is 0 Å². The molecular formula is C16H20N2O4. The molecule has 118 valence electrons. The molecule has 0 aliphatic heterocycles. The Kier molecular flexibility index (Phi) is 8.18. The highest BCUT2D eigenvalue weighted by molar-refractivity contribution is 6.06. The van der Waals surface area contributed by atoms with Crippen molar-refractivity contribution < 1.29 is 19.3 Å². The monoisotopic (exact) mass is 304 g/mol. The van der Waals surface area contributed by atoms with Crippen LogP contribution in [0.3, 0.4) is 0 Å². The molecule has 1 aromatic carbocycles. The van der Waals surface area contributed by atoms with Crippen LogP contribution in [0.1, 0.15) is 47.4 Å². The molecule has 0 amide bonds. The molecular weight excluding hydrogens is 284 g/mol. The number of rotatable bonds is 10. The standard InChI is InChI=1S/C16H20N2O4/c1-3-21-17-11-9-15(19)13-5-7-14(8-6-13)16(20)10-12-18-22-4-2/h5-8,11-12H,3-4,9-10H2,1-2H3/b17-11-,18-12+. The van der Waals surface area contributed by atoms with Gasteiger partial charge in [0.05, 0.1) is 12.4 Å². The van der Waals surface area contributed by atoms with Crippen molar-refractivity contribution in [2.45, 2.75) is 26.7 Å². The van der Waals surface area contributed by atoms with Gasteiger partial charge in [-0.1, -0.05) is 34.6 Å². The molecule has 0 bridgehead atoms. The van der Waals surface area contributed by atoms with E-state index >= 15 is 0 Å². The Morgan fingerprint density at radius 1 is 0.864 bits per heavy atom. The van der Waals surface area contributed by atoms with E-state index in [0.717, 1.165) is 0 Å². The van der Waals surface area contributed by atoms with Crippen LogP contribution in [-0.2, 0) is 9.68 Å². The van der Waals surface area contributed by atoms with Crippen molar-refractivity contribution in [3.05, 3.63) is 35.4 Å². The maximum Gasteiger partial charge on any atom is 0.168 e. The highest BCUT2D eigenvalue weighted by Gasteiger charge is 2.07. The molecule has 0 atom stereocenters. The number of hydrogen-bond acceptors (Lipinski definition) is 6. The summed E-state index contributed by atoms with van der Waals surface area (Å²) in [5.74, 6) is -0.166. The fourth-order valence-electron chi connectivity index (χ4n) is 1.57. The molecule has 0 fully saturated rings. The fraction of sp³-hybridized carbons (Fsp3) is 0.375. The van der Waals surface area contributed by atoms with Crippen LogP contribution < -0.4 is 0 Å². The zero-order valence-corrected chi connectivity index (χ0v) is 12.8. The third-order valence-corrected chi connectivity index (χ3v) is 2.64. The number of nitrogens with zero attached hydrogens (tertiary/aromatic N) is 2. The number of oxime groups is 2. The first-order valence-corrected chi connectivity index (χ1v) is 7.13. The average molecular weight is 304 g/mol. The van der Waals surface area contributed by atoms with E-state index in [1.807, 2.05) is 13.8 Å². The third-order valence-electron chi connectivity index (χ3n) is 2.64. The second kappa shape index (κ2) is 10.3. The second-order valence-electron chi connectivity index (χ2n) is 4.24. The summed E-state index contributed by atoms with van der Waals surface area (Å²) in [7, 11) is 0. The van der Waals surface area contributed by atoms with E-state index in [4.69, 9.17) is 9.68 Å². The fourth-order valence-corrected chi connectivity index (χ4v) is 1.57. The maximum absolute atomic E-state index is 11.9. The molecule has 0 N–H and O–H groups in total. The van der Waals surface area contributed by atoms with Crippen LogP contribution >= 0.6 is 0 Å². The van der Waals surface area contributed by atoms with E-state index in [1.165, 1.54) is 12.4 Å². The van der Waals surface area contributed by atoms with Crippen molar-refractivity contribution in [2.24, 2.45) is 10.3 Å². The van der Waals surface area contributed by atoms with Gasteiger partial charge in [0.1, 0.15) is 13.2 Å². The zero-order chi connectivity index (χ0) is 16.2. The predicted molar refractivity (Wildman–Crippen MR) is 84.6 cm³/mol. The molecule has 6 nitrogen and oxygen atoms in total. The van der Waals surface area contributed by atoms with Crippen LogP contribution in [0.2, 0.25) is 0 Å². The van der Waals surface area contributed by atoms with Gasteiger partial charge in [-0.05, 0) is 13.8 Å². The quantitative estimate of drug-likeness (QED) is 0.378. The van der Waals surface area contributed by atoms with Gasteiger partial charge in [0.2, 0.25) is 0 Å². The molecule has 0 aliphatic carbocycles. The van der Waals surface area contributed by atoms with E-state index in [-0.39, 0.29) is 24.4 Å². The van der Waals surface area contributed by atoms with E-state index in [9.17, 15) is 9.59 Å². The Bertz CT molecular complexity index is 487. The van der Waals surface area contributed by atoms with Gasteiger partial charge in [0.15, 0.2) is 11.6 Å². The number of benzene rings is 1. The summed E-state index contributed by atoms with van der Waals surface area (Å²) in [6, 6.07) is 6.51. The highest BCUT2D eigenvalue weighted by atomic mass is 16.6. The lowest BCUT2D eigenvalue weighted by Crippen LogP contribution is -2.03. The lowest BCUT2D eigenvalue weighted by molar-refractivity contribution is 0.0987. The normalized spacial score (nSPS) is 11.0. The predicted octanol–water partition coefficient (Wildman–Crippen LogP) is 2.88. The molecule has 0 radical (unpaired) electrons. The van der Waals surface area contributed by atoms with Gasteiger partial charge < -0.3 is 9.68 Å². The minimum absolute atomic E-state index is 0.0830. The summed E-state index contributed by atoms with van der Waals surface area (Å²) in [4.78, 5) is 33.3. The molecule has 0 spiro atoms. The number of Topliss-reactive ketones (excluding diaryl/α,β-unsaturated/α-hetero) is 2. The Labute approximate surface area is 129 Å². The van der Waals surface area contributed by atoms with Crippen LogP contribution in [0.4, 0.5) is 0 Å². The molecule has 6 heteroatoms. The molecule has 0 saturated heterocycles. The highest BCUT2D eigenvalue weighted by Crippen LogP contribution is 2.08. The van der Waals surface area contributed by atoms with Crippen molar-refractivity contribution >= 4 is 24.0 Å². The molecule has 0 heterocycles. The van der Waals surface area contributed by atoms with Crippen molar-refractivity contribution in [3.8, 4) is 0 Å². The van der Waals surface area contributed by atoms with Crippen molar-refractivity contribution in [1.82, 2.24) is 0 Å². The van der Waals surface area contributed by atoms with Crippen LogP contribution in [0, 0.1) is 0 Å². The first kappa shape index (κ1) is 17.6. The lowest BCUT2D eigenvalue weighted by atomic mass is 10.0. The van der Waals surface area contributed by atoms with Crippen molar-refractivity contribution in [3.63, 3.8) is 0 Å². The summed E-state index contributed by atoms with van der Waals surface area (Å²) in [5.41, 5.74) is 1.06. The minimum Gasteiger partial charge on any atom is -0.396 e. The topological polar surface area (TPSA) is 77.3 Å². The van der Waals surface area contributed by atoms with Crippen LogP contribution in [0.5, 0.6) is 0 Å². The van der Waals surface area contributed by atoms with Gasteiger partial charge in [-0.25, -0.2) is 0 Å². The molecule has 1 rings (SSSR count). The molecule has 1 aromatic rings. The summed E-state index contributed by atoms with van der Waals surface area (Å²) >= 11 is 0. The Morgan fingerprint density at radius 3 is 1.55 bits per heavy atom. The van der Waals surface area contributed by atoms with Crippen LogP contribution in [-0.4, -0.2) is 37.2 Å². The summed E-state index contributed by atoms with van der Waals surface area (Å²) in [6.07, 6.45) is 3.17. The van der Waals surface area contributed by atoms with Gasteiger partial charge in [0, 0.05) is 24.0 Å². The Morgan fingerprint density at radius 2 is 1.23 bits per heavy atom. The van der Waals surface area contributed by atoms with Gasteiger partial charge in [-0.2, -0.15) is 0 Å². The minimum atomic E-state index is -0.0830. The molecule has 0 unspecified atom stereocenters. The SMILES string of the molecule is CCO/N=C\CC(=O)c1ccc(C(=O)C/C=N/OCC)cc1. The van der Waals surface area contributed by atoms with Gasteiger partial charge >= 0.3 is 0 Å². The first-order valence-electron chi connectivity index (χ1n) is 7.13. The number of ketones is 2. The van der Waals surface area contributed by atoms with E-state index in [2.05, 4.69) is 10.3 Å². The third kappa shape index (κ3) is 6.30. The molecule has 0 aromatic heterocycles. The van der Waals surface area contributed by atoms with Crippen molar-refractivity contribution in [1.29, 1.82) is 0 Å². The van der Waals surface area contributed by atoms with E-state index < -0.39 is 0 Å². The summed E-state index contributed by atoms with van der Waals surface area (Å²) < 4.78 is 0. The second-order valence-corrected chi connectivity index (χ2v) is 4.24. The Hall–Kier alpha value is -2.50. The number of hydrogen-bond donors (Lipinski definition) is 0. The number of carbonyl (C=O) groups excluding carboxylic acids is 2. The van der Waals surface area contributed by atoms with Gasteiger partial charge in [-0.15, -0.1) is 0 Å². The Balaban J connectivity index is 2.54. The molecule has 22 heavy (non-hydrogen) atoms. The largest absolute Gasteiger partial charge is 0.396 e. The lowest BCUT2D eigenvalue weighted by Gasteiger charge is -2.01. The summed E-state index contributed by atoms with van der Waals surface area (Å²) in [6.45, 7) is 4.56. The van der Waals surface area contributed by atoms with Crippen LogP contribution in [0.15, 0.2) is 34.6 Å². The smallest absolute Gasteiger partial charge is 0.168 e. The molecule has 0 saturated carbocycles. The van der Waals surface area contributed by atoms with Gasteiger partial charge in [-0.3, -0.25) is 9.59 Å². The first-order chi connectivity index (χ1) is 10.7. The average Bonchev–Trinajstić information content (AvgIpc) is 2.55. The number of carbonyl (C=O) groups is 2. The van der Waals surface area contributed by atoms with E-state index in [1.54, 1.807) is 24.3 Å². The summed E-state index contributed by atoms with van der Waals surface area (Å²) in [5, 5.41) is 7.25. The van der Waals surface area contributed by atoms with E-state index in [0.29, 0.717) is 24.3 Å². The van der Waals surface area contributed by atoms with Crippen molar-refractivity contribution in [2.75, 3.05) is 13.2 Å². The molecule has 0 aliphatic rings. The zero-order valence-electron chi connectivity index (χ0n) is 12.8. The van der Waals surface area contributed by atoms with Gasteiger partial charge in [0.25, 0.3) is 0 Å².